The number of fused-ring (bicyclic) bond motifs is 1. The van der Waals surface area contributed by atoms with Crippen LogP contribution in [0.5, 0.6) is 0 Å². The van der Waals surface area contributed by atoms with Crippen molar-refractivity contribution < 1.29 is 14.3 Å². The molecule has 0 aliphatic carbocycles. The molecule has 0 bridgehead atoms. The zero-order valence-electron chi connectivity index (χ0n) is 17.2. The summed E-state index contributed by atoms with van der Waals surface area (Å²) >= 11 is 1.54. The number of ether oxygens (including phenoxy) is 1. The van der Waals surface area contributed by atoms with Crippen LogP contribution in [-0.4, -0.2) is 29.2 Å². The average molecular weight is 399 g/mol. The fourth-order valence-electron chi connectivity index (χ4n) is 3.08. The number of carbonyl (C=O) groups excluding carboxylic acids is 2. The van der Waals surface area contributed by atoms with Crippen molar-refractivity contribution in [2.75, 3.05) is 5.32 Å². The Morgan fingerprint density at radius 3 is 2.43 bits per heavy atom. The molecule has 1 unspecified atom stereocenters. The van der Waals surface area contributed by atoms with Crippen molar-refractivity contribution in [2.24, 2.45) is 4.99 Å². The maximum atomic E-state index is 12.8. The Hall–Kier alpha value is -2.47. The van der Waals surface area contributed by atoms with Crippen molar-refractivity contribution in [3.8, 4) is 0 Å². The minimum atomic E-state index is -0.828. The Morgan fingerprint density at radius 2 is 1.82 bits per heavy atom. The largest absolute Gasteiger partial charge is 0.460 e. The van der Waals surface area contributed by atoms with Gasteiger partial charge in [0.25, 0.3) is 0 Å². The summed E-state index contributed by atoms with van der Waals surface area (Å²) in [5.74, 6) is -0.715. The van der Waals surface area contributed by atoms with Crippen molar-refractivity contribution in [2.45, 2.75) is 59.6 Å². The standard InChI is InChI=1S/C22H26N2O3S/c1-12-7-9-15(10-8-12)19-18-13(2)14(3)28-21(18)24-20(26)16(23-19)11-17(25)27-22(4,5)6/h7-10,16H,11H2,1-6H3,(H,24,26). The van der Waals surface area contributed by atoms with Crippen molar-refractivity contribution in [3.05, 3.63) is 51.4 Å². The molecule has 1 amide bonds. The summed E-state index contributed by atoms with van der Waals surface area (Å²) in [7, 11) is 0. The molecule has 2 aromatic rings. The minimum absolute atomic E-state index is 0.0918. The van der Waals surface area contributed by atoms with Gasteiger partial charge in [-0.1, -0.05) is 29.8 Å². The van der Waals surface area contributed by atoms with Crippen LogP contribution >= 0.6 is 11.3 Å². The molecule has 1 aromatic carbocycles. The third kappa shape index (κ3) is 4.33. The first-order valence-corrected chi connectivity index (χ1v) is 10.1. The number of rotatable bonds is 3. The van der Waals surface area contributed by atoms with Crippen molar-refractivity contribution >= 4 is 33.9 Å². The number of aryl methyl sites for hydroxylation is 2. The molecule has 0 radical (unpaired) electrons. The Bertz CT molecular complexity index is 949. The van der Waals surface area contributed by atoms with Crippen molar-refractivity contribution in [3.63, 3.8) is 0 Å². The van der Waals surface area contributed by atoms with Gasteiger partial charge in [0.15, 0.2) is 0 Å². The Balaban J connectivity index is 2.06. The number of hydrogen-bond donors (Lipinski definition) is 1. The van der Waals surface area contributed by atoms with Gasteiger partial charge in [-0.15, -0.1) is 11.3 Å². The molecule has 1 aromatic heterocycles. The van der Waals surface area contributed by atoms with E-state index in [0.29, 0.717) is 0 Å². The lowest BCUT2D eigenvalue weighted by Crippen LogP contribution is -2.31. The van der Waals surface area contributed by atoms with Gasteiger partial charge in [0.05, 0.1) is 12.1 Å². The summed E-state index contributed by atoms with van der Waals surface area (Å²) in [5.41, 5.74) is 4.25. The molecule has 0 fully saturated rings. The van der Waals surface area contributed by atoms with E-state index in [4.69, 9.17) is 9.73 Å². The van der Waals surface area contributed by atoms with Crippen LogP contribution in [0.4, 0.5) is 5.00 Å². The maximum absolute atomic E-state index is 12.8. The molecule has 1 aliphatic rings. The van der Waals surface area contributed by atoms with Gasteiger partial charge in [0.1, 0.15) is 16.6 Å². The second-order valence-electron chi connectivity index (χ2n) is 8.13. The van der Waals surface area contributed by atoms with Crippen LogP contribution < -0.4 is 5.32 Å². The first-order chi connectivity index (χ1) is 13.0. The predicted molar refractivity (Wildman–Crippen MR) is 113 cm³/mol. The number of esters is 1. The van der Waals surface area contributed by atoms with Gasteiger partial charge in [-0.25, -0.2) is 0 Å². The molecule has 1 atom stereocenters. The first-order valence-electron chi connectivity index (χ1n) is 9.33. The number of carbonyl (C=O) groups is 2. The second-order valence-corrected chi connectivity index (χ2v) is 9.35. The fourth-order valence-corrected chi connectivity index (χ4v) is 4.15. The molecule has 0 spiro atoms. The van der Waals surface area contributed by atoms with E-state index in [1.807, 2.05) is 65.8 Å². The first kappa shape index (κ1) is 20.3. The van der Waals surface area contributed by atoms with Crippen LogP contribution in [0.1, 0.15) is 54.3 Å². The summed E-state index contributed by atoms with van der Waals surface area (Å²) in [6, 6.07) is 7.23. The highest BCUT2D eigenvalue weighted by atomic mass is 32.1. The fraction of sp³-hybridized carbons (Fsp3) is 0.409. The van der Waals surface area contributed by atoms with Crippen molar-refractivity contribution in [1.29, 1.82) is 0 Å². The number of thiophene rings is 1. The topological polar surface area (TPSA) is 67.8 Å². The van der Waals surface area contributed by atoms with Crippen LogP contribution in [0.3, 0.4) is 0 Å². The van der Waals surface area contributed by atoms with E-state index in [0.717, 1.165) is 37.8 Å². The number of nitrogens with zero attached hydrogens (tertiary/aromatic N) is 1. The summed E-state index contributed by atoms with van der Waals surface area (Å²) in [4.78, 5) is 31.0. The quantitative estimate of drug-likeness (QED) is 0.771. The summed E-state index contributed by atoms with van der Waals surface area (Å²) in [6.07, 6.45) is -0.0918. The van der Waals surface area contributed by atoms with Gasteiger partial charge in [0, 0.05) is 16.0 Å². The molecule has 3 rings (SSSR count). The lowest BCUT2D eigenvalue weighted by atomic mass is 9.99. The number of hydrogen-bond acceptors (Lipinski definition) is 5. The van der Waals surface area contributed by atoms with Gasteiger partial charge in [0.2, 0.25) is 5.91 Å². The third-order valence-corrected chi connectivity index (χ3v) is 5.67. The van der Waals surface area contributed by atoms with Gasteiger partial charge in [-0.2, -0.15) is 0 Å². The number of aliphatic imine (C=N–C) groups is 1. The van der Waals surface area contributed by atoms with E-state index in [1.165, 1.54) is 11.3 Å². The smallest absolute Gasteiger partial charge is 0.309 e. The molecule has 1 N–H and O–H groups in total. The highest BCUT2D eigenvalue weighted by Crippen LogP contribution is 2.36. The lowest BCUT2D eigenvalue weighted by Gasteiger charge is -2.20. The lowest BCUT2D eigenvalue weighted by molar-refractivity contribution is -0.155. The summed E-state index contributed by atoms with van der Waals surface area (Å²) in [5, 5.41) is 3.75. The highest BCUT2D eigenvalue weighted by molar-refractivity contribution is 7.17. The highest BCUT2D eigenvalue weighted by Gasteiger charge is 2.31. The monoisotopic (exact) mass is 398 g/mol. The number of benzene rings is 1. The molecule has 1 aliphatic heterocycles. The summed E-state index contributed by atoms with van der Waals surface area (Å²) < 4.78 is 5.40. The Labute approximate surface area is 169 Å². The van der Waals surface area contributed by atoms with Crippen molar-refractivity contribution in [1.82, 2.24) is 0 Å². The van der Waals surface area contributed by atoms with E-state index in [9.17, 15) is 9.59 Å². The average Bonchev–Trinajstić information content (AvgIpc) is 2.76. The SMILES string of the molecule is Cc1ccc(C2=NC(CC(=O)OC(C)(C)C)C(=O)Nc3sc(C)c(C)c32)cc1. The Kier molecular flexibility index (Phi) is 5.44. The summed E-state index contributed by atoms with van der Waals surface area (Å²) in [6.45, 7) is 11.5. The zero-order chi connectivity index (χ0) is 20.6. The molecule has 5 nitrogen and oxygen atoms in total. The molecular weight excluding hydrogens is 372 g/mol. The van der Waals surface area contributed by atoms with Gasteiger partial charge in [-0.05, 0) is 47.1 Å². The molecule has 2 heterocycles. The zero-order valence-corrected chi connectivity index (χ0v) is 18.0. The molecule has 6 heteroatoms. The van der Waals surface area contributed by atoms with Crippen LogP contribution in [0, 0.1) is 20.8 Å². The van der Waals surface area contributed by atoms with Crippen LogP contribution in [0.25, 0.3) is 0 Å². The normalized spacial score (nSPS) is 16.7. The van der Waals surface area contributed by atoms with E-state index in [-0.39, 0.29) is 12.3 Å². The number of anilines is 1. The van der Waals surface area contributed by atoms with Crippen LogP contribution in [0.2, 0.25) is 0 Å². The molecular formula is C22H26N2O3S. The van der Waals surface area contributed by atoms with Crippen LogP contribution in [-0.2, 0) is 14.3 Å². The van der Waals surface area contributed by atoms with Crippen LogP contribution in [0.15, 0.2) is 29.3 Å². The van der Waals surface area contributed by atoms with Gasteiger partial charge < -0.3 is 10.1 Å². The predicted octanol–water partition coefficient (Wildman–Crippen LogP) is 4.56. The molecule has 28 heavy (non-hydrogen) atoms. The molecule has 0 saturated heterocycles. The minimum Gasteiger partial charge on any atom is -0.460 e. The van der Waals surface area contributed by atoms with E-state index < -0.39 is 17.6 Å². The van der Waals surface area contributed by atoms with E-state index in [1.54, 1.807) is 0 Å². The van der Waals surface area contributed by atoms with Gasteiger partial charge in [-0.3, -0.25) is 14.6 Å². The second kappa shape index (κ2) is 7.51. The Morgan fingerprint density at radius 1 is 1.18 bits per heavy atom. The number of amides is 1. The van der Waals surface area contributed by atoms with E-state index >= 15 is 0 Å². The van der Waals surface area contributed by atoms with E-state index in [2.05, 4.69) is 5.32 Å². The number of nitrogens with one attached hydrogen (secondary N) is 1. The van der Waals surface area contributed by atoms with Gasteiger partial charge >= 0.3 is 5.97 Å². The maximum Gasteiger partial charge on any atom is 0.309 e. The molecule has 0 saturated carbocycles. The molecule has 148 valence electrons. The third-order valence-electron chi connectivity index (χ3n) is 4.55.